The number of nitrogens with zero attached hydrogens (tertiary/aromatic N) is 1. The molecule has 1 N–H and O–H groups in total. The summed E-state index contributed by atoms with van der Waals surface area (Å²) in [6.45, 7) is 0. The third-order valence-corrected chi connectivity index (χ3v) is 2.43. The number of benzene rings is 2. The maximum Gasteiger partial charge on any atom is 0.196 e. The number of anilines is 2. The molecule has 2 aromatic carbocycles. The van der Waals surface area contributed by atoms with E-state index in [1.807, 2.05) is 0 Å². The van der Waals surface area contributed by atoms with E-state index in [0.717, 1.165) is 18.2 Å². The molecule has 0 fully saturated rings. The topological polar surface area (TPSA) is 35.8 Å². The summed E-state index contributed by atoms with van der Waals surface area (Å²) in [4.78, 5) is 0. The van der Waals surface area contributed by atoms with Crippen LogP contribution in [0.4, 0.5) is 28.9 Å². The van der Waals surface area contributed by atoms with E-state index in [0.29, 0.717) is 0 Å². The minimum Gasteiger partial charge on any atom is -0.352 e. The lowest BCUT2D eigenvalue weighted by Crippen LogP contribution is -2.01. The van der Waals surface area contributed by atoms with Crippen molar-refractivity contribution in [1.82, 2.24) is 0 Å². The number of halogens is 4. The van der Waals surface area contributed by atoms with Gasteiger partial charge in [0.25, 0.3) is 0 Å². The third-order valence-electron chi connectivity index (χ3n) is 2.43. The SMILES string of the molecule is N#Cc1c(F)cccc1Nc1ccc(F)c(F)c1F. The Morgan fingerprint density at radius 2 is 1.58 bits per heavy atom. The first-order valence-corrected chi connectivity index (χ1v) is 5.13. The van der Waals surface area contributed by atoms with E-state index in [9.17, 15) is 17.6 Å². The Morgan fingerprint density at radius 1 is 0.842 bits per heavy atom. The van der Waals surface area contributed by atoms with Crippen molar-refractivity contribution in [3.63, 3.8) is 0 Å². The van der Waals surface area contributed by atoms with Gasteiger partial charge in [-0.3, -0.25) is 0 Å². The van der Waals surface area contributed by atoms with Crippen LogP contribution < -0.4 is 5.32 Å². The second-order valence-corrected chi connectivity index (χ2v) is 3.62. The molecule has 2 nitrogen and oxygen atoms in total. The van der Waals surface area contributed by atoms with Gasteiger partial charge in [-0.15, -0.1) is 0 Å². The van der Waals surface area contributed by atoms with Crippen LogP contribution in [0.25, 0.3) is 0 Å². The first-order valence-electron chi connectivity index (χ1n) is 5.13. The molecule has 0 atom stereocenters. The standard InChI is InChI=1S/C13H6F4N2/c14-8-2-1-3-10(7(8)6-18)19-11-5-4-9(15)12(16)13(11)17/h1-5,19H. The van der Waals surface area contributed by atoms with Gasteiger partial charge < -0.3 is 5.32 Å². The molecule has 0 aliphatic carbocycles. The van der Waals surface area contributed by atoms with Crippen molar-refractivity contribution in [2.75, 3.05) is 5.32 Å². The highest BCUT2D eigenvalue weighted by Crippen LogP contribution is 2.26. The molecule has 0 bridgehead atoms. The van der Waals surface area contributed by atoms with Crippen LogP contribution in [-0.4, -0.2) is 0 Å². The average Bonchev–Trinajstić information content (AvgIpc) is 2.40. The van der Waals surface area contributed by atoms with E-state index in [1.54, 1.807) is 6.07 Å². The zero-order chi connectivity index (χ0) is 14.0. The summed E-state index contributed by atoms with van der Waals surface area (Å²) in [7, 11) is 0. The molecule has 0 amide bonds. The van der Waals surface area contributed by atoms with Crippen molar-refractivity contribution in [1.29, 1.82) is 5.26 Å². The Labute approximate surface area is 105 Å². The summed E-state index contributed by atoms with van der Waals surface area (Å²) in [6.07, 6.45) is 0. The Bertz CT molecular complexity index is 677. The molecule has 0 saturated heterocycles. The molecule has 96 valence electrons. The molecule has 0 heterocycles. The lowest BCUT2D eigenvalue weighted by molar-refractivity contribution is 0.449. The molecule has 0 aliphatic heterocycles. The van der Waals surface area contributed by atoms with Gasteiger partial charge in [0, 0.05) is 0 Å². The highest BCUT2D eigenvalue weighted by atomic mass is 19.2. The molecule has 0 spiro atoms. The lowest BCUT2D eigenvalue weighted by Gasteiger charge is -2.10. The largest absolute Gasteiger partial charge is 0.352 e. The monoisotopic (exact) mass is 266 g/mol. The quantitative estimate of drug-likeness (QED) is 0.661. The highest BCUT2D eigenvalue weighted by Gasteiger charge is 2.15. The molecular weight excluding hydrogens is 260 g/mol. The van der Waals surface area contributed by atoms with Crippen LogP contribution >= 0.6 is 0 Å². The Kier molecular flexibility index (Phi) is 3.38. The number of hydrogen-bond donors (Lipinski definition) is 1. The molecule has 0 saturated carbocycles. The summed E-state index contributed by atoms with van der Waals surface area (Å²) in [6, 6.07) is 6.97. The van der Waals surface area contributed by atoms with E-state index < -0.39 is 23.3 Å². The van der Waals surface area contributed by atoms with Crippen LogP contribution in [-0.2, 0) is 0 Å². The van der Waals surface area contributed by atoms with Gasteiger partial charge in [0.2, 0.25) is 0 Å². The second-order valence-electron chi connectivity index (χ2n) is 3.62. The van der Waals surface area contributed by atoms with Gasteiger partial charge >= 0.3 is 0 Å². The number of nitrogens with one attached hydrogen (secondary N) is 1. The van der Waals surface area contributed by atoms with Crippen LogP contribution in [0.2, 0.25) is 0 Å². The van der Waals surface area contributed by atoms with Gasteiger partial charge in [0.15, 0.2) is 17.5 Å². The Hall–Kier alpha value is -2.55. The minimum atomic E-state index is -1.64. The molecule has 0 aliphatic rings. The Balaban J connectivity index is 2.46. The van der Waals surface area contributed by atoms with Crippen molar-refractivity contribution in [2.45, 2.75) is 0 Å². The smallest absolute Gasteiger partial charge is 0.196 e. The van der Waals surface area contributed by atoms with E-state index in [-0.39, 0.29) is 16.9 Å². The molecule has 0 radical (unpaired) electrons. The van der Waals surface area contributed by atoms with E-state index in [4.69, 9.17) is 5.26 Å². The van der Waals surface area contributed by atoms with E-state index in [1.165, 1.54) is 12.1 Å². The van der Waals surface area contributed by atoms with Crippen LogP contribution in [0.3, 0.4) is 0 Å². The highest BCUT2D eigenvalue weighted by molar-refractivity contribution is 5.67. The molecule has 6 heteroatoms. The van der Waals surface area contributed by atoms with Gasteiger partial charge in [-0.25, -0.2) is 17.6 Å². The van der Waals surface area contributed by atoms with Gasteiger partial charge in [0.1, 0.15) is 17.4 Å². The predicted octanol–water partition coefficient (Wildman–Crippen LogP) is 3.86. The maximum atomic E-state index is 13.4. The van der Waals surface area contributed by atoms with Gasteiger partial charge in [0.05, 0.1) is 11.4 Å². The van der Waals surface area contributed by atoms with Crippen molar-refractivity contribution >= 4 is 11.4 Å². The summed E-state index contributed by atoms with van der Waals surface area (Å²) in [5.41, 5.74) is -0.764. The van der Waals surface area contributed by atoms with Gasteiger partial charge in [-0.05, 0) is 24.3 Å². The third kappa shape index (κ3) is 2.36. The molecule has 0 unspecified atom stereocenters. The number of hydrogen-bond acceptors (Lipinski definition) is 2. The van der Waals surface area contributed by atoms with E-state index in [2.05, 4.69) is 5.32 Å². The van der Waals surface area contributed by atoms with Crippen molar-refractivity contribution in [3.05, 3.63) is 59.2 Å². The normalized spacial score (nSPS) is 10.1. The molecule has 2 aromatic rings. The predicted molar refractivity (Wildman–Crippen MR) is 60.7 cm³/mol. The average molecular weight is 266 g/mol. The molecular formula is C13H6F4N2. The fourth-order valence-corrected chi connectivity index (χ4v) is 1.51. The summed E-state index contributed by atoms with van der Waals surface area (Å²) >= 11 is 0. The second kappa shape index (κ2) is 4.98. The zero-order valence-corrected chi connectivity index (χ0v) is 9.35. The zero-order valence-electron chi connectivity index (χ0n) is 9.35. The number of rotatable bonds is 2. The van der Waals surface area contributed by atoms with Crippen LogP contribution in [0.15, 0.2) is 30.3 Å². The minimum absolute atomic E-state index is 0.0348. The number of nitriles is 1. The summed E-state index contributed by atoms with van der Waals surface area (Å²) < 4.78 is 52.5. The lowest BCUT2D eigenvalue weighted by atomic mass is 10.1. The summed E-state index contributed by atoms with van der Waals surface area (Å²) in [5, 5.41) is 11.1. The first-order chi connectivity index (χ1) is 9.04. The molecule has 2 rings (SSSR count). The molecule has 0 aromatic heterocycles. The first kappa shape index (κ1) is 12.9. The maximum absolute atomic E-state index is 13.4. The fraction of sp³-hybridized carbons (Fsp3) is 0. The van der Waals surface area contributed by atoms with Crippen molar-refractivity contribution in [3.8, 4) is 6.07 Å². The van der Waals surface area contributed by atoms with E-state index >= 15 is 0 Å². The Morgan fingerprint density at radius 3 is 2.26 bits per heavy atom. The van der Waals surface area contributed by atoms with Crippen LogP contribution in [0.1, 0.15) is 5.56 Å². The summed E-state index contributed by atoms with van der Waals surface area (Å²) in [5.74, 6) is -5.20. The van der Waals surface area contributed by atoms with Gasteiger partial charge in [-0.1, -0.05) is 6.07 Å². The van der Waals surface area contributed by atoms with Gasteiger partial charge in [-0.2, -0.15) is 5.26 Å². The van der Waals surface area contributed by atoms with Crippen LogP contribution in [0, 0.1) is 34.6 Å². The van der Waals surface area contributed by atoms with Crippen molar-refractivity contribution in [2.24, 2.45) is 0 Å². The van der Waals surface area contributed by atoms with Crippen molar-refractivity contribution < 1.29 is 17.6 Å². The van der Waals surface area contributed by atoms with Crippen LogP contribution in [0.5, 0.6) is 0 Å². The fourth-order valence-electron chi connectivity index (χ4n) is 1.51. The molecule has 19 heavy (non-hydrogen) atoms.